The molecule has 0 amide bonds. The number of carbonyl (C=O) groups is 2. The average molecular weight is 730 g/mol. The van der Waals surface area contributed by atoms with Gasteiger partial charge in [-0.05, 0) is 35.6 Å². The van der Waals surface area contributed by atoms with Crippen molar-refractivity contribution in [3.05, 3.63) is 22.2 Å². The quantitative estimate of drug-likeness (QED) is 0.0230. The first-order valence-electron chi connectivity index (χ1n) is 18.0. The highest BCUT2D eigenvalue weighted by molar-refractivity contribution is 7.47. The molecular weight excluding hydrogens is 673 g/mol. The molecule has 0 saturated heterocycles. The summed E-state index contributed by atoms with van der Waals surface area (Å²) in [6.45, 7) is 1.69. The highest BCUT2D eigenvalue weighted by atomic mass is 31.2. The highest BCUT2D eigenvalue weighted by Gasteiger charge is 2.26. The molecule has 2 atom stereocenters. The molecule has 2 rings (SSSR count). The lowest BCUT2D eigenvalue weighted by Gasteiger charge is -2.20. The van der Waals surface area contributed by atoms with Crippen LogP contribution in [-0.2, 0) is 32.7 Å². The number of hydrogen-bond acceptors (Lipinski definition) is 14. The van der Waals surface area contributed by atoms with Crippen LogP contribution in [0.15, 0.2) is 16.8 Å². The van der Waals surface area contributed by atoms with Gasteiger partial charge in [0.2, 0.25) is 5.52 Å². The van der Waals surface area contributed by atoms with E-state index in [-0.39, 0.29) is 49.3 Å². The lowest BCUT2D eigenvalue weighted by atomic mass is 10.0. The van der Waals surface area contributed by atoms with Crippen LogP contribution in [0.2, 0.25) is 0 Å². The largest absolute Gasteiger partial charge is 0.472 e. The molecule has 50 heavy (non-hydrogen) atoms. The standard InChI is InChI=1S/C33H56N5O11P/c1-2-3-4-5-6-7-8-9-10-11-12-13-15-18-30(39)45-25-27(26-47-50(43,44)46-24-22-34)48-31(40)19-16-14-17-23-35-28-20-21-29(38(41)42)33-32(28)36-49-37-33/h20-21,27,35H,2-19,22-26,34H2,1H3,(H,43,44)/t27-/m0/s1. The number of nitrogens with zero attached hydrogens (tertiary/aromatic N) is 3. The molecule has 4 N–H and O–H groups in total. The fourth-order valence-electron chi connectivity index (χ4n) is 5.23. The molecule has 1 aromatic heterocycles. The maximum absolute atomic E-state index is 12.6. The zero-order chi connectivity index (χ0) is 36.5. The minimum absolute atomic E-state index is 0.00822. The fraction of sp³-hybridized carbons (Fsp3) is 0.758. The minimum Gasteiger partial charge on any atom is -0.462 e. The molecule has 0 fully saturated rings. The van der Waals surface area contributed by atoms with Gasteiger partial charge in [-0.25, -0.2) is 9.19 Å². The Kier molecular flexibility index (Phi) is 22.1. The number of anilines is 1. The van der Waals surface area contributed by atoms with Crippen LogP contribution in [0.3, 0.4) is 0 Å². The molecule has 0 aliphatic heterocycles. The van der Waals surface area contributed by atoms with Crippen LogP contribution >= 0.6 is 7.82 Å². The summed E-state index contributed by atoms with van der Waals surface area (Å²) in [5.41, 5.74) is 5.95. The van der Waals surface area contributed by atoms with Crippen molar-refractivity contribution in [1.82, 2.24) is 10.3 Å². The average Bonchev–Trinajstić information content (AvgIpc) is 3.59. The van der Waals surface area contributed by atoms with Gasteiger partial charge in [0, 0.05) is 32.0 Å². The van der Waals surface area contributed by atoms with E-state index in [4.69, 9.17) is 24.3 Å². The summed E-state index contributed by atoms with van der Waals surface area (Å²) in [6.07, 6.45) is 16.5. The minimum atomic E-state index is -4.44. The number of non-ortho nitro benzene ring substituents is 1. The van der Waals surface area contributed by atoms with Crippen LogP contribution in [0.1, 0.15) is 122 Å². The Balaban J connectivity index is 1.66. The lowest BCUT2D eigenvalue weighted by molar-refractivity contribution is -0.383. The van der Waals surface area contributed by atoms with E-state index in [0.717, 1.165) is 19.3 Å². The molecule has 0 aliphatic rings. The monoisotopic (exact) mass is 729 g/mol. The second-order valence-electron chi connectivity index (χ2n) is 12.3. The highest BCUT2D eigenvalue weighted by Crippen LogP contribution is 2.43. The van der Waals surface area contributed by atoms with Crippen LogP contribution in [0.5, 0.6) is 0 Å². The van der Waals surface area contributed by atoms with Gasteiger partial charge in [0.15, 0.2) is 11.6 Å². The number of nitro benzene ring substituents is 1. The molecule has 16 nitrogen and oxygen atoms in total. The van der Waals surface area contributed by atoms with Gasteiger partial charge in [0.25, 0.3) is 0 Å². The molecule has 1 aromatic carbocycles. The van der Waals surface area contributed by atoms with Gasteiger partial charge in [0.05, 0.1) is 23.8 Å². The first kappa shape index (κ1) is 43.0. The Morgan fingerprint density at radius 1 is 0.880 bits per heavy atom. The molecule has 0 bridgehead atoms. The summed E-state index contributed by atoms with van der Waals surface area (Å²) in [7, 11) is -4.44. The van der Waals surface area contributed by atoms with Crippen molar-refractivity contribution in [3.63, 3.8) is 0 Å². The van der Waals surface area contributed by atoms with E-state index >= 15 is 0 Å². The topological polar surface area (TPSA) is 228 Å². The third-order valence-corrected chi connectivity index (χ3v) is 8.96. The maximum atomic E-state index is 12.6. The normalized spacial score (nSPS) is 13.2. The van der Waals surface area contributed by atoms with E-state index in [9.17, 15) is 29.2 Å². The third kappa shape index (κ3) is 18.7. The number of aromatic nitrogens is 2. The van der Waals surface area contributed by atoms with Crippen molar-refractivity contribution in [2.45, 2.75) is 129 Å². The first-order chi connectivity index (χ1) is 24.2. The molecule has 1 heterocycles. The molecule has 0 aliphatic carbocycles. The zero-order valence-corrected chi connectivity index (χ0v) is 30.3. The number of esters is 2. The number of rotatable bonds is 31. The van der Waals surface area contributed by atoms with Gasteiger partial charge in [-0.3, -0.25) is 28.8 Å². The van der Waals surface area contributed by atoms with Gasteiger partial charge in [-0.1, -0.05) is 90.4 Å². The van der Waals surface area contributed by atoms with E-state index in [0.29, 0.717) is 37.9 Å². The number of phosphoric acid groups is 1. The summed E-state index contributed by atoms with van der Waals surface area (Å²) in [6, 6.07) is 2.85. The van der Waals surface area contributed by atoms with E-state index in [1.807, 2.05) is 0 Å². The summed E-state index contributed by atoms with van der Waals surface area (Å²) in [4.78, 5) is 45.4. The van der Waals surface area contributed by atoms with Crippen LogP contribution in [0.25, 0.3) is 11.0 Å². The molecule has 0 spiro atoms. The predicted molar refractivity (Wildman–Crippen MR) is 187 cm³/mol. The number of nitro groups is 1. The summed E-state index contributed by atoms with van der Waals surface area (Å²) in [5, 5.41) is 21.6. The molecule has 2 aromatic rings. The van der Waals surface area contributed by atoms with Crippen molar-refractivity contribution in [2.75, 3.05) is 38.2 Å². The van der Waals surface area contributed by atoms with Crippen LogP contribution in [0, 0.1) is 10.1 Å². The van der Waals surface area contributed by atoms with Crippen LogP contribution < -0.4 is 11.1 Å². The van der Waals surface area contributed by atoms with E-state index in [1.54, 1.807) is 0 Å². The van der Waals surface area contributed by atoms with E-state index < -0.39 is 37.4 Å². The predicted octanol–water partition coefficient (Wildman–Crippen LogP) is 7.13. The van der Waals surface area contributed by atoms with E-state index in [2.05, 4.69) is 27.2 Å². The Morgan fingerprint density at radius 2 is 1.46 bits per heavy atom. The zero-order valence-electron chi connectivity index (χ0n) is 29.4. The molecule has 0 radical (unpaired) electrons. The number of unbranched alkanes of at least 4 members (excludes halogenated alkanes) is 14. The number of hydrogen-bond donors (Lipinski definition) is 3. The number of fused-ring (bicyclic) bond motifs is 1. The summed E-state index contributed by atoms with van der Waals surface area (Å²) >= 11 is 0. The van der Waals surface area contributed by atoms with Crippen molar-refractivity contribution >= 4 is 42.2 Å². The maximum Gasteiger partial charge on any atom is 0.472 e. The number of nitrogens with two attached hydrogens (primary N) is 1. The fourth-order valence-corrected chi connectivity index (χ4v) is 5.99. The van der Waals surface area contributed by atoms with Crippen molar-refractivity contribution < 1.29 is 47.1 Å². The Morgan fingerprint density at radius 3 is 2.08 bits per heavy atom. The Bertz CT molecular complexity index is 1310. The summed E-state index contributed by atoms with van der Waals surface area (Å²) < 4.78 is 37.2. The Hall–Kier alpha value is -3.17. The number of phosphoric ester groups is 1. The number of carbonyl (C=O) groups excluding carboxylic acids is 2. The van der Waals surface area contributed by atoms with Gasteiger partial charge >= 0.3 is 25.4 Å². The number of ether oxygens (including phenoxy) is 2. The third-order valence-electron chi connectivity index (χ3n) is 7.97. The molecule has 0 saturated carbocycles. The second kappa shape index (κ2) is 25.7. The smallest absolute Gasteiger partial charge is 0.462 e. The van der Waals surface area contributed by atoms with Gasteiger partial charge in [0.1, 0.15) is 6.61 Å². The first-order valence-corrected chi connectivity index (χ1v) is 19.5. The molecule has 1 unspecified atom stereocenters. The molecule has 17 heteroatoms. The lowest BCUT2D eigenvalue weighted by Crippen LogP contribution is -2.29. The van der Waals surface area contributed by atoms with Crippen molar-refractivity contribution in [2.24, 2.45) is 5.73 Å². The molecule has 284 valence electrons. The van der Waals surface area contributed by atoms with Crippen LogP contribution in [0.4, 0.5) is 11.4 Å². The number of benzene rings is 1. The van der Waals surface area contributed by atoms with Crippen LogP contribution in [-0.4, -0.2) is 71.1 Å². The van der Waals surface area contributed by atoms with Crippen molar-refractivity contribution in [3.8, 4) is 0 Å². The second-order valence-corrected chi connectivity index (χ2v) is 13.7. The Labute approximate surface area is 294 Å². The van der Waals surface area contributed by atoms with Gasteiger partial charge in [-0.2, -0.15) is 0 Å². The van der Waals surface area contributed by atoms with Gasteiger partial charge in [-0.15, -0.1) is 0 Å². The molecular formula is C33H56N5O11P. The number of nitrogens with one attached hydrogen (secondary N) is 1. The van der Waals surface area contributed by atoms with Crippen molar-refractivity contribution in [1.29, 1.82) is 0 Å². The van der Waals surface area contributed by atoms with Gasteiger partial charge < -0.3 is 25.4 Å². The SMILES string of the molecule is CCCCCCCCCCCCCCCC(=O)OC[C@@H](COP(=O)(O)OCCN)OC(=O)CCCCCNc1ccc([N+](=O)[O-])c2nonc12. The van der Waals surface area contributed by atoms with E-state index in [1.165, 1.54) is 69.9 Å². The summed E-state index contributed by atoms with van der Waals surface area (Å²) in [5.74, 6) is -1.03.